The number of ketones is 1. The van der Waals surface area contributed by atoms with Crippen LogP contribution in [-0.2, 0) is 17.6 Å². The molecule has 2 heterocycles. The van der Waals surface area contributed by atoms with Crippen molar-refractivity contribution >= 4 is 5.78 Å². The van der Waals surface area contributed by atoms with Gasteiger partial charge in [0.05, 0.1) is 25.1 Å². The van der Waals surface area contributed by atoms with Crippen LogP contribution in [0.5, 0.6) is 0 Å². The molecule has 0 radical (unpaired) electrons. The zero-order chi connectivity index (χ0) is 17.2. The van der Waals surface area contributed by atoms with Gasteiger partial charge in [-0.1, -0.05) is 12.5 Å². The van der Waals surface area contributed by atoms with Crippen LogP contribution >= 0.6 is 0 Å². The Morgan fingerprint density at radius 1 is 1.08 bits per heavy atom. The monoisotopic (exact) mass is 328 g/mol. The van der Waals surface area contributed by atoms with Crippen molar-refractivity contribution in [1.29, 1.82) is 0 Å². The van der Waals surface area contributed by atoms with E-state index in [1.165, 1.54) is 16.7 Å². The molecule has 0 fully saturated rings. The molecule has 1 atom stereocenters. The van der Waals surface area contributed by atoms with Crippen molar-refractivity contribution in [3.8, 4) is 0 Å². The van der Waals surface area contributed by atoms with E-state index in [2.05, 4.69) is 13.8 Å². The van der Waals surface area contributed by atoms with Crippen LogP contribution in [-0.4, -0.2) is 5.78 Å². The summed E-state index contributed by atoms with van der Waals surface area (Å²) in [6, 6.07) is 4.00. The fourth-order valence-electron chi connectivity index (χ4n) is 2.95. The minimum absolute atomic E-state index is 0.256. The molecule has 0 saturated carbocycles. The van der Waals surface area contributed by atoms with Crippen molar-refractivity contribution in [2.24, 2.45) is 5.92 Å². The van der Waals surface area contributed by atoms with E-state index in [4.69, 9.17) is 8.83 Å². The number of hydrogen-bond acceptors (Lipinski definition) is 3. The fourth-order valence-corrected chi connectivity index (χ4v) is 2.95. The van der Waals surface area contributed by atoms with E-state index in [9.17, 15) is 4.79 Å². The summed E-state index contributed by atoms with van der Waals surface area (Å²) in [7, 11) is 0. The molecule has 0 N–H and O–H groups in total. The Labute approximate surface area is 144 Å². The van der Waals surface area contributed by atoms with Gasteiger partial charge in [0, 0.05) is 6.42 Å². The number of allylic oxidation sites excluding steroid dienone is 2. The Hall–Kier alpha value is -2.03. The maximum atomic E-state index is 12.1. The van der Waals surface area contributed by atoms with Gasteiger partial charge in [0.2, 0.25) is 0 Å². The van der Waals surface area contributed by atoms with Crippen LogP contribution in [0, 0.1) is 5.92 Å². The highest BCUT2D eigenvalue weighted by molar-refractivity contribution is 5.90. The summed E-state index contributed by atoms with van der Waals surface area (Å²) < 4.78 is 10.1. The van der Waals surface area contributed by atoms with E-state index in [0.717, 1.165) is 38.5 Å². The fraction of sp³-hybridized carbons (Fsp3) is 0.476. The maximum absolute atomic E-state index is 12.1. The first kappa shape index (κ1) is 18.3. The van der Waals surface area contributed by atoms with Gasteiger partial charge in [-0.2, -0.15) is 0 Å². The topological polar surface area (TPSA) is 43.4 Å². The lowest BCUT2D eigenvalue weighted by atomic mass is 9.96. The molecule has 24 heavy (non-hydrogen) atoms. The quantitative estimate of drug-likeness (QED) is 0.492. The molecular formula is C21H28O3. The second-order valence-corrected chi connectivity index (χ2v) is 6.78. The number of carbonyl (C=O) groups is 1. The maximum Gasteiger partial charge on any atom is 0.155 e. The Morgan fingerprint density at radius 3 is 2.29 bits per heavy atom. The Morgan fingerprint density at radius 2 is 1.71 bits per heavy atom. The predicted molar refractivity (Wildman–Crippen MR) is 95.8 cm³/mol. The molecule has 0 bridgehead atoms. The Balaban J connectivity index is 1.61. The van der Waals surface area contributed by atoms with E-state index < -0.39 is 0 Å². The smallest absolute Gasteiger partial charge is 0.155 e. The number of aryl methyl sites for hydroxylation is 2. The van der Waals surface area contributed by atoms with Gasteiger partial charge in [-0.3, -0.25) is 4.79 Å². The molecule has 0 spiro atoms. The summed E-state index contributed by atoms with van der Waals surface area (Å²) >= 11 is 0. The first-order chi connectivity index (χ1) is 11.6. The molecule has 0 aliphatic rings. The van der Waals surface area contributed by atoms with Gasteiger partial charge in [0.15, 0.2) is 5.78 Å². The van der Waals surface area contributed by atoms with Gasteiger partial charge >= 0.3 is 0 Å². The van der Waals surface area contributed by atoms with E-state index in [1.807, 2.05) is 18.2 Å². The lowest BCUT2D eigenvalue weighted by Crippen LogP contribution is -2.04. The average Bonchev–Trinajstić information content (AvgIpc) is 3.20. The van der Waals surface area contributed by atoms with Crippen LogP contribution in [0.25, 0.3) is 0 Å². The summed E-state index contributed by atoms with van der Waals surface area (Å²) in [5, 5.41) is 0. The molecule has 0 unspecified atom stereocenters. The van der Waals surface area contributed by atoms with Gasteiger partial charge < -0.3 is 8.83 Å². The first-order valence-corrected chi connectivity index (χ1v) is 8.85. The Kier molecular flexibility index (Phi) is 7.60. The zero-order valence-electron chi connectivity index (χ0n) is 14.8. The number of furan rings is 2. The van der Waals surface area contributed by atoms with E-state index in [0.29, 0.717) is 12.3 Å². The van der Waals surface area contributed by atoms with E-state index >= 15 is 0 Å². The van der Waals surface area contributed by atoms with Crippen LogP contribution in [0.1, 0.15) is 57.1 Å². The number of hydrogen-bond donors (Lipinski definition) is 0. The molecule has 2 aromatic heterocycles. The Bertz CT molecular complexity index is 606. The van der Waals surface area contributed by atoms with Gasteiger partial charge in [-0.05, 0) is 80.7 Å². The second-order valence-electron chi connectivity index (χ2n) is 6.78. The highest BCUT2D eigenvalue weighted by atomic mass is 16.3. The van der Waals surface area contributed by atoms with Gasteiger partial charge in [-0.25, -0.2) is 0 Å². The summed E-state index contributed by atoms with van der Waals surface area (Å²) in [5.41, 5.74) is 3.64. The molecule has 3 heteroatoms. The SMILES string of the molecule is C/C(=C/C(=O)C[C@@H](C)CCCc1ccoc1)CCCc1ccoc1. The molecular weight excluding hydrogens is 300 g/mol. The van der Waals surface area contributed by atoms with Gasteiger partial charge in [-0.15, -0.1) is 0 Å². The molecule has 0 aliphatic heterocycles. The molecule has 0 amide bonds. The lowest BCUT2D eigenvalue weighted by Gasteiger charge is -2.09. The molecule has 0 saturated heterocycles. The summed E-state index contributed by atoms with van der Waals surface area (Å²) in [6.07, 6.45) is 15.7. The van der Waals surface area contributed by atoms with Crippen molar-refractivity contribution in [2.45, 2.75) is 58.8 Å². The molecule has 0 aliphatic carbocycles. The molecule has 0 aromatic carbocycles. The van der Waals surface area contributed by atoms with Crippen molar-refractivity contribution < 1.29 is 13.6 Å². The van der Waals surface area contributed by atoms with Gasteiger partial charge in [0.1, 0.15) is 0 Å². The van der Waals surface area contributed by atoms with E-state index in [-0.39, 0.29) is 5.78 Å². The molecule has 130 valence electrons. The lowest BCUT2D eigenvalue weighted by molar-refractivity contribution is -0.115. The standard InChI is InChI=1S/C21H28O3/c1-17(5-3-7-19-9-11-23-15-19)13-21(22)14-18(2)6-4-8-20-10-12-24-16-20/h9-13,15-16,18H,3-8,14H2,1-2H3/b17-13-/t18-/m0/s1. The highest BCUT2D eigenvalue weighted by Crippen LogP contribution is 2.16. The number of carbonyl (C=O) groups excluding carboxylic acids is 1. The zero-order valence-corrected chi connectivity index (χ0v) is 14.8. The van der Waals surface area contributed by atoms with Crippen LogP contribution in [0.15, 0.2) is 57.7 Å². The summed E-state index contributed by atoms with van der Waals surface area (Å²) in [6.45, 7) is 4.21. The molecule has 2 aromatic rings. The van der Waals surface area contributed by atoms with Crippen molar-refractivity contribution in [3.63, 3.8) is 0 Å². The van der Waals surface area contributed by atoms with E-state index in [1.54, 1.807) is 25.1 Å². The molecule has 2 rings (SSSR count). The first-order valence-electron chi connectivity index (χ1n) is 8.85. The third-order valence-corrected chi connectivity index (χ3v) is 4.32. The van der Waals surface area contributed by atoms with Crippen LogP contribution in [0.4, 0.5) is 0 Å². The highest BCUT2D eigenvalue weighted by Gasteiger charge is 2.08. The molecule has 3 nitrogen and oxygen atoms in total. The van der Waals surface area contributed by atoms with Crippen molar-refractivity contribution in [1.82, 2.24) is 0 Å². The second kappa shape index (κ2) is 9.96. The van der Waals surface area contributed by atoms with Gasteiger partial charge in [0.25, 0.3) is 0 Å². The largest absolute Gasteiger partial charge is 0.472 e. The van der Waals surface area contributed by atoms with Crippen LogP contribution in [0.3, 0.4) is 0 Å². The minimum Gasteiger partial charge on any atom is -0.472 e. The minimum atomic E-state index is 0.256. The predicted octanol–water partition coefficient (Wildman–Crippen LogP) is 5.76. The van der Waals surface area contributed by atoms with Crippen molar-refractivity contribution in [2.75, 3.05) is 0 Å². The number of rotatable bonds is 11. The van der Waals surface area contributed by atoms with Crippen LogP contribution in [0.2, 0.25) is 0 Å². The van der Waals surface area contributed by atoms with Crippen LogP contribution < -0.4 is 0 Å². The third kappa shape index (κ3) is 7.03. The summed E-state index contributed by atoms with van der Waals surface area (Å²) in [5.74, 6) is 0.686. The third-order valence-electron chi connectivity index (χ3n) is 4.32. The summed E-state index contributed by atoms with van der Waals surface area (Å²) in [4.78, 5) is 12.1. The van der Waals surface area contributed by atoms with Crippen molar-refractivity contribution in [3.05, 3.63) is 60.0 Å². The normalized spacial score (nSPS) is 13.2. The average molecular weight is 328 g/mol.